The first kappa shape index (κ1) is 15.4. The number of rotatable bonds is 0. The molecule has 3 saturated carbocycles. The van der Waals surface area contributed by atoms with Crippen LogP contribution in [0.1, 0.15) is 52.4 Å². The monoisotopic (exact) mass is 325 g/mol. The van der Waals surface area contributed by atoms with E-state index >= 15 is 0 Å². The number of carbonyl (C=O) groups is 1. The molecule has 24 heavy (non-hydrogen) atoms. The minimum absolute atomic E-state index is 0.159. The smallest absolute Gasteiger partial charge is 0.178 e. The second-order valence-corrected chi connectivity index (χ2v) is 9.71. The molecule has 1 saturated heterocycles. The molecule has 1 aliphatic heterocycles. The Kier molecular flexibility index (Phi) is 3.10. The predicted molar refractivity (Wildman–Crippen MR) is 96.5 cm³/mol. The van der Waals surface area contributed by atoms with Gasteiger partial charge in [0.1, 0.15) is 0 Å². The summed E-state index contributed by atoms with van der Waals surface area (Å²) >= 11 is 0. The molecule has 0 amide bonds. The van der Waals surface area contributed by atoms with Crippen LogP contribution in [0.4, 0.5) is 0 Å². The average molecular weight is 325 g/mol. The SMILES string of the molecule is C[C@@H]1[C@H]2CC[C@H]3[C@@H]4CCC5=CC(=O)C=C[C@]5(C)[C@H]4CC[C@]23CN1C. The minimum atomic E-state index is 0.159. The third kappa shape index (κ3) is 1.74. The van der Waals surface area contributed by atoms with Gasteiger partial charge in [0.05, 0.1) is 0 Å². The van der Waals surface area contributed by atoms with Gasteiger partial charge in [-0.1, -0.05) is 18.6 Å². The number of fused-ring (bicyclic) bond motifs is 4. The summed E-state index contributed by atoms with van der Waals surface area (Å²) in [7, 11) is 2.35. The molecule has 130 valence electrons. The van der Waals surface area contributed by atoms with Crippen molar-refractivity contribution in [3.05, 3.63) is 23.8 Å². The molecule has 0 aromatic carbocycles. The topological polar surface area (TPSA) is 20.3 Å². The Bertz CT molecular complexity index is 648. The molecule has 0 radical (unpaired) electrons. The largest absolute Gasteiger partial charge is 0.303 e. The molecule has 0 aromatic rings. The van der Waals surface area contributed by atoms with Crippen LogP contribution in [0.25, 0.3) is 0 Å². The van der Waals surface area contributed by atoms with E-state index in [1.54, 1.807) is 0 Å². The van der Waals surface area contributed by atoms with Crippen molar-refractivity contribution in [3.63, 3.8) is 0 Å². The Morgan fingerprint density at radius 3 is 2.75 bits per heavy atom. The summed E-state index contributed by atoms with van der Waals surface area (Å²) in [6.07, 6.45) is 14.3. The lowest BCUT2D eigenvalue weighted by atomic mass is 9.47. The van der Waals surface area contributed by atoms with Gasteiger partial charge in [0, 0.05) is 18.0 Å². The van der Waals surface area contributed by atoms with Crippen molar-refractivity contribution in [1.29, 1.82) is 0 Å². The minimum Gasteiger partial charge on any atom is -0.303 e. The highest BCUT2D eigenvalue weighted by atomic mass is 16.1. The quantitative estimate of drug-likeness (QED) is 0.664. The van der Waals surface area contributed by atoms with Crippen molar-refractivity contribution >= 4 is 5.78 Å². The molecule has 0 bridgehead atoms. The van der Waals surface area contributed by atoms with Gasteiger partial charge in [0.2, 0.25) is 0 Å². The van der Waals surface area contributed by atoms with E-state index < -0.39 is 0 Å². The van der Waals surface area contributed by atoms with E-state index in [9.17, 15) is 4.79 Å². The molecular formula is C22H31NO. The summed E-state index contributed by atoms with van der Waals surface area (Å²) in [5.74, 6) is 3.71. The van der Waals surface area contributed by atoms with Crippen LogP contribution in [0, 0.1) is 34.5 Å². The van der Waals surface area contributed by atoms with E-state index in [0.29, 0.717) is 5.41 Å². The molecule has 1 heterocycles. The van der Waals surface area contributed by atoms with Crippen LogP contribution in [0.2, 0.25) is 0 Å². The molecule has 4 aliphatic carbocycles. The zero-order valence-corrected chi connectivity index (χ0v) is 15.4. The molecular weight excluding hydrogens is 294 g/mol. The number of likely N-dealkylation sites (tertiary alicyclic amines) is 1. The lowest BCUT2D eigenvalue weighted by Gasteiger charge is -2.57. The van der Waals surface area contributed by atoms with Gasteiger partial charge in [-0.05, 0) is 93.7 Å². The Balaban J connectivity index is 1.51. The molecule has 5 aliphatic rings. The van der Waals surface area contributed by atoms with Crippen LogP contribution in [0.15, 0.2) is 23.8 Å². The van der Waals surface area contributed by atoms with Gasteiger partial charge in [-0.2, -0.15) is 0 Å². The first-order valence-electron chi connectivity index (χ1n) is 10.1. The van der Waals surface area contributed by atoms with Gasteiger partial charge in [-0.15, -0.1) is 0 Å². The standard InChI is InChI=1S/C22H31NO/c1-14-18-6-7-20-17-5-4-15-12-16(24)8-10-21(15,2)19(17)9-11-22(18,20)13-23(14)3/h8,10,12,14,17-20H,4-7,9,11,13H2,1-3H3/t14-,17-,18-,19+,20+,21+,22+/m1/s1. The summed E-state index contributed by atoms with van der Waals surface area (Å²) in [5, 5.41) is 0. The highest BCUT2D eigenvalue weighted by Gasteiger charge is 2.63. The lowest BCUT2D eigenvalue weighted by molar-refractivity contribution is -0.111. The Morgan fingerprint density at radius 2 is 1.92 bits per heavy atom. The highest BCUT2D eigenvalue weighted by Crippen LogP contribution is 2.68. The van der Waals surface area contributed by atoms with Gasteiger partial charge < -0.3 is 4.90 Å². The number of nitrogens with zero attached hydrogens (tertiary/aromatic N) is 1. The van der Waals surface area contributed by atoms with E-state index in [-0.39, 0.29) is 11.2 Å². The van der Waals surface area contributed by atoms with E-state index in [1.165, 1.54) is 44.2 Å². The maximum absolute atomic E-state index is 11.9. The summed E-state index contributed by atoms with van der Waals surface area (Å²) in [6, 6.07) is 0.772. The summed E-state index contributed by atoms with van der Waals surface area (Å²) in [6.45, 7) is 6.22. The summed E-state index contributed by atoms with van der Waals surface area (Å²) < 4.78 is 0. The second-order valence-electron chi connectivity index (χ2n) is 9.71. The fourth-order valence-corrected chi connectivity index (χ4v) is 8.00. The van der Waals surface area contributed by atoms with Crippen molar-refractivity contribution in [3.8, 4) is 0 Å². The van der Waals surface area contributed by atoms with Gasteiger partial charge in [-0.25, -0.2) is 0 Å². The average Bonchev–Trinajstić information content (AvgIpc) is 3.03. The van der Waals surface area contributed by atoms with Crippen LogP contribution in [0.3, 0.4) is 0 Å². The fraction of sp³-hybridized carbons (Fsp3) is 0.773. The molecule has 0 unspecified atom stereocenters. The molecule has 2 nitrogen and oxygen atoms in total. The lowest BCUT2D eigenvalue weighted by Crippen LogP contribution is -2.51. The van der Waals surface area contributed by atoms with Gasteiger partial charge >= 0.3 is 0 Å². The van der Waals surface area contributed by atoms with Crippen molar-refractivity contribution in [1.82, 2.24) is 4.90 Å². The zero-order valence-electron chi connectivity index (χ0n) is 15.4. The van der Waals surface area contributed by atoms with Gasteiger partial charge in [0.25, 0.3) is 0 Å². The van der Waals surface area contributed by atoms with E-state index in [2.05, 4.69) is 31.9 Å². The number of carbonyl (C=O) groups excluding carboxylic acids is 1. The van der Waals surface area contributed by atoms with Crippen LogP contribution in [-0.4, -0.2) is 30.3 Å². The Hall–Kier alpha value is -0.890. The third-order valence-electron chi connectivity index (χ3n) is 9.16. The number of hydrogen-bond acceptors (Lipinski definition) is 2. The molecule has 2 heteroatoms. The van der Waals surface area contributed by atoms with Crippen LogP contribution in [-0.2, 0) is 4.79 Å². The van der Waals surface area contributed by atoms with Gasteiger partial charge in [0.15, 0.2) is 5.78 Å². The van der Waals surface area contributed by atoms with E-state index in [1.807, 2.05) is 12.2 Å². The number of allylic oxidation sites excluding steroid dienone is 4. The number of hydrogen-bond donors (Lipinski definition) is 0. The number of ketones is 1. The Labute approximate surface area is 146 Å². The maximum Gasteiger partial charge on any atom is 0.178 e. The summed E-state index contributed by atoms with van der Waals surface area (Å²) in [5.41, 5.74) is 2.20. The normalized spacial score (nSPS) is 53.2. The maximum atomic E-state index is 11.9. The van der Waals surface area contributed by atoms with Crippen molar-refractivity contribution in [2.24, 2.45) is 34.5 Å². The molecule has 7 atom stereocenters. The van der Waals surface area contributed by atoms with Gasteiger partial charge in [-0.3, -0.25) is 4.79 Å². The Morgan fingerprint density at radius 1 is 1.12 bits per heavy atom. The fourth-order valence-electron chi connectivity index (χ4n) is 8.00. The van der Waals surface area contributed by atoms with Crippen molar-refractivity contribution in [2.75, 3.05) is 13.6 Å². The molecule has 0 aromatic heterocycles. The first-order chi connectivity index (χ1) is 11.5. The van der Waals surface area contributed by atoms with Crippen LogP contribution in [0.5, 0.6) is 0 Å². The third-order valence-corrected chi connectivity index (χ3v) is 9.16. The van der Waals surface area contributed by atoms with Crippen LogP contribution >= 0.6 is 0 Å². The van der Waals surface area contributed by atoms with Crippen molar-refractivity contribution in [2.45, 2.75) is 58.4 Å². The van der Waals surface area contributed by atoms with Crippen LogP contribution < -0.4 is 0 Å². The van der Waals surface area contributed by atoms with Crippen molar-refractivity contribution < 1.29 is 4.79 Å². The second kappa shape index (κ2) is 4.84. The predicted octanol–water partition coefficient (Wildman–Crippen LogP) is 4.22. The van der Waals surface area contributed by atoms with E-state index in [4.69, 9.17) is 0 Å². The zero-order chi connectivity index (χ0) is 16.7. The van der Waals surface area contributed by atoms with E-state index in [0.717, 1.165) is 36.1 Å². The molecule has 4 fully saturated rings. The highest BCUT2D eigenvalue weighted by molar-refractivity contribution is 6.01. The first-order valence-corrected chi connectivity index (χ1v) is 10.1. The summed E-state index contributed by atoms with van der Waals surface area (Å²) in [4.78, 5) is 14.5. The molecule has 1 spiro atoms. The molecule has 0 N–H and O–H groups in total. The molecule has 5 rings (SSSR count).